The molecule has 0 amide bonds. The molecule has 100 valence electrons. The van der Waals surface area contributed by atoms with Crippen LogP contribution in [-0.4, -0.2) is 7.11 Å². The molecule has 2 aromatic carbocycles. The third kappa shape index (κ3) is 3.25. The van der Waals surface area contributed by atoms with Crippen molar-refractivity contribution in [2.75, 3.05) is 12.4 Å². The van der Waals surface area contributed by atoms with E-state index in [1.54, 1.807) is 6.07 Å². The summed E-state index contributed by atoms with van der Waals surface area (Å²) < 4.78 is 18.3. The van der Waals surface area contributed by atoms with E-state index < -0.39 is 0 Å². The molecule has 1 N–H and O–H groups in total. The van der Waals surface area contributed by atoms with Gasteiger partial charge in [-0.2, -0.15) is 0 Å². The maximum Gasteiger partial charge on any atom is 0.144 e. The molecule has 0 spiro atoms. The highest BCUT2D eigenvalue weighted by Gasteiger charge is 2.05. The maximum absolute atomic E-state index is 13.1. The van der Waals surface area contributed by atoms with Crippen molar-refractivity contribution < 1.29 is 9.13 Å². The summed E-state index contributed by atoms with van der Waals surface area (Å²) in [6.07, 6.45) is 0. The average molecular weight is 259 g/mol. The quantitative estimate of drug-likeness (QED) is 0.894. The molecule has 0 fully saturated rings. The molecule has 0 aliphatic rings. The van der Waals surface area contributed by atoms with Crippen molar-refractivity contribution in [1.82, 2.24) is 0 Å². The van der Waals surface area contributed by atoms with E-state index in [-0.39, 0.29) is 5.82 Å². The molecule has 19 heavy (non-hydrogen) atoms. The zero-order valence-electron chi connectivity index (χ0n) is 11.5. The van der Waals surface area contributed by atoms with Crippen LogP contribution in [0, 0.1) is 19.7 Å². The van der Waals surface area contributed by atoms with E-state index in [0.29, 0.717) is 12.3 Å². The van der Waals surface area contributed by atoms with Crippen molar-refractivity contribution in [2.45, 2.75) is 20.4 Å². The van der Waals surface area contributed by atoms with Crippen LogP contribution in [0.15, 0.2) is 36.4 Å². The summed E-state index contributed by atoms with van der Waals surface area (Å²) in [5, 5.41) is 3.28. The van der Waals surface area contributed by atoms with Crippen LogP contribution in [0.3, 0.4) is 0 Å². The number of nitrogens with one attached hydrogen (secondary N) is 1. The Hall–Kier alpha value is -2.03. The molecular formula is C16H18FNO. The minimum absolute atomic E-state index is 0.297. The van der Waals surface area contributed by atoms with Crippen molar-refractivity contribution in [1.29, 1.82) is 0 Å². The fraction of sp³-hybridized carbons (Fsp3) is 0.250. The Kier molecular flexibility index (Phi) is 4.05. The monoisotopic (exact) mass is 259 g/mol. The number of rotatable bonds is 4. The zero-order valence-corrected chi connectivity index (χ0v) is 11.5. The van der Waals surface area contributed by atoms with Crippen LogP contribution in [0.5, 0.6) is 5.75 Å². The van der Waals surface area contributed by atoms with E-state index in [1.807, 2.05) is 0 Å². The Bertz CT molecular complexity index is 581. The molecule has 0 aromatic heterocycles. The van der Waals surface area contributed by atoms with Gasteiger partial charge in [0.1, 0.15) is 11.6 Å². The van der Waals surface area contributed by atoms with Crippen LogP contribution in [0.4, 0.5) is 10.1 Å². The Morgan fingerprint density at radius 1 is 1.11 bits per heavy atom. The Morgan fingerprint density at radius 2 is 1.89 bits per heavy atom. The summed E-state index contributed by atoms with van der Waals surface area (Å²) in [6.45, 7) is 4.84. The van der Waals surface area contributed by atoms with Crippen LogP contribution in [0.1, 0.15) is 16.7 Å². The fourth-order valence-electron chi connectivity index (χ4n) is 1.99. The second kappa shape index (κ2) is 5.74. The lowest BCUT2D eigenvalue weighted by Gasteiger charge is -2.13. The topological polar surface area (TPSA) is 21.3 Å². The van der Waals surface area contributed by atoms with Crippen molar-refractivity contribution in [3.05, 3.63) is 58.9 Å². The first-order valence-corrected chi connectivity index (χ1v) is 6.23. The first-order chi connectivity index (χ1) is 9.10. The Labute approximate surface area is 113 Å². The predicted molar refractivity (Wildman–Crippen MR) is 76.2 cm³/mol. The molecule has 0 aliphatic carbocycles. The minimum Gasteiger partial charge on any atom is -0.494 e. The van der Waals surface area contributed by atoms with Gasteiger partial charge in [-0.1, -0.05) is 23.8 Å². The first-order valence-electron chi connectivity index (χ1n) is 6.23. The number of anilines is 1. The summed E-state index contributed by atoms with van der Waals surface area (Å²) in [5.74, 6) is 0.222. The lowest BCUT2D eigenvalue weighted by molar-refractivity contribution is 0.413. The number of methoxy groups -OCH3 is 1. The summed E-state index contributed by atoms with van der Waals surface area (Å²) in [5.41, 5.74) is 4.49. The lowest BCUT2D eigenvalue weighted by atomic mass is 10.1. The van der Waals surface area contributed by atoms with Gasteiger partial charge in [-0.25, -0.2) is 4.39 Å². The van der Waals surface area contributed by atoms with E-state index in [0.717, 1.165) is 5.69 Å². The van der Waals surface area contributed by atoms with Gasteiger partial charge in [0.25, 0.3) is 0 Å². The number of hydrogen-bond donors (Lipinski definition) is 1. The summed E-state index contributed by atoms with van der Waals surface area (Å²) in [4.78, 5) is 0. The van der Waals surface area contributed by atoms with Crippen LogP contribution >= 0.6 is 0 Å². The number of benzene rings is 2. The second-order valence-corrected chi connectivity index (χ2v) is 4.63. The summed E-state index contributed by atoms with van der Waals surface area (Å²) >= 11 is 0. The Morgan fingerprint density at radius 3 is 2.63 bits per heavy atom. The van der Waals surface area contributed by atoms with Crippen LogP contribution in [0.2, 0.25) is 0 Å². The van der Waals surface area contributed by atoms with Gasteiger partial charge in [-0.15, -0.1) is 0 Å². The molecular weight excluding hydrogens is 241 g/mol. The molecule has 0 bridgehead atoms. The van der Waals surface area contributed by atoms with Gasteiger partial charge in [0.2, 0.25) is 0 Å². The lowest BCUT2D eigenvalue weighted by Crippen LogP contribution is -2.03. The highest BCUT2D eigenvalue weighted by Crippen LogP contribution is 2.25. The number of ether oxygens (including phenoxy) is 1. The molecule has 0 saturated heterocycles. The minimum atomic E-state index is -0.297. The van der Waals surface area contributed by atoms with Crippen LogP contribution in [0.25, 0.3) is 0 Å². The maximum atomic E-state index is 13.1. The molecule has 0 aliphatic heterocycles. The molecule has 2 rings (SSSR count). The SMILES string of the molecule is COc1cc(F)ccc1NCc1cc(C)ccc1C. The summed E-state index contributed by atoms with van der Waals surface area (Å²) in [7, 11) is 1.54. The van der Waals surface area contributed by atoms with E-state index in [4.69, 9.17) is 4.74 Å². The van der Waals surface area contributed by atoms with Gasteiger partial charge in [0.05, 0.1) is 12.8 Å². The smallest absolute Gasteiger partial charge is 0.144 e. The molecule has 0 atom stereocenters. The van der Waals surface area contributed by atoms with E-state index in [2.05, 4.69) is 37.4 Å². The third-order valence-electron chi connectivity index (χ3n) is 3.14. The summed E-state index contributed by atoms with van der Waals surface area (Å²) in [6, 6.07) is 10.8. The standard InChI is InChI=1S/C16H18FNO/c1-11-4-5-12(2)13(8-11)10-18-15-7-6-14(17)9-16(15)19-3/h4-9,18H,10H2,1-3H3. The predicted octanol–water partition coefficient (Wildman–Crippen LogP) is 4.06. The van der Waals surface area contributed by atoms with E-state index in [9.17, 15) is 4.39 Å². The number of hydrogen-bond acceptors (Lipinski definition) is 2. The molecule has 0 radical (unpaired) electrons. The highest BCUT2D eigenvalue weighted by atomic mass is 19.1. The van der Waals surface area contributed by atoms with Crippen molar-refractivity contribution in [3.8, 4) is 5.75 Å². The fourth-order valence-corrected chi connectivity index (χ4v) is 1.99. The third-order valence-corrected chi connectivity index (χ3v) is 3.14. The van der Waals surface area contributed by atoms with Gasteiger partial charge < -0.3 is 10.1 Å². The second-order valence-electron chi connectivity index (χ2n) is 4.63. The molecule has 0 unspecified atom stereocenters. The average Bonchev–Trinajstić information content (AvgIpc) is 2.40. The highest BCUT2D eigenvalue weighted by molar-refractivity contribution is 5.56. The van der Waals surface area contributed by atoms with Crippen molar-refractivity contribution in [2.24, 2.45) is 0 Å². The van der Waals surface area contributed by atoms with Crippen molar-refractivity contribution >= 4 is 5.69 Å². The number of aryl methyl sites for hydroxylation is 2. The zero-order chi connectivity index (χ0) is 13.8. The van der Waals surface area contributed by atoms with Gasteiger partial charge in [-0.05, 0) is 37.1 Å². The molecule has 2 aromatic rings. The van der Waals surface area contributed by atoms with E-state index in [1.165, 1.54) is 35.9 Å². The number of halogens is 1. The molecule has 2 nitrogen and oxygen atoms in total. The molecule has 3 heteroatoms. The van der Waals surface area contributed by atoms with Gasteiger partial charge in [0, 0.05) is 12.6 Å². The molecule has 0 saturated carbocycles. The van der Waals surface area contributed by atoms with Gasteiger partial charge >= 0.3 is 0 Å². The van der Waals surface area contributed by atoms with E-state index >= 15 is 0 Å². The largest absolute Gasteiger partial charge is 0.494 e. The van der Waals surface area contributed by atoms with Crippen LogP contribution < -0.4 is 10.1 Å². The molecule has 0 heterocycles. The van der Waals surface area contributed by atoms with Crippen molar-refractivity contribution in [3.63, 3.8) is 0 Å². The Balaban J connectivity index is 2.16. The first kappa shape index (κ1) is 13.4. The van der Waals surface area contributed by atoms with Gasteiger partial charge in [0.15, 0.2) is 0 Å². The van der Waals surface area contributed by atoms with Crippen LogP contribution in [-0.2, 0) is 6.54 Å². The normalized spacial score (nSPS) is 10.3. The van der Waals surface area contributed by atoms with Gasteiger partial charge in [-0.3, -0.25) is 0 Å².